The van der Waals surface area contributed by atoms with Crippen molar-refractivity contribution in [2.45, 2.75) is 39.7 Å². The van der Waals surface area contributed by atoms with E-state index in [1.807, 2.05) is 12.4 Å². The molecule has 18 heavy (non-hydrogen) atoms. The van der Waals surface area contributed by atoms with Crippen LogP contribution in [-0.4, -0.2) is 25.7 Å². The Balaban J connectivity index is 2.13. The first-order valence-corrected chi connectivity index (χ1v) is 7.05. The van der Waals surface area contributed by atoms with Gasteiger partial charge in [0.1, 0.15) is 16.5 Å². The van der Waals surface area contributed by atoms with Gasteiger partial charge in [0.15, 0.2) is 0 Å². The average molecular weight is 265 g/mol. The number of rotatable bonds is 6. The van der Waals surface area contributed by atoms with Crippen molar-refractivity contribution in [1.82, 2.24) is 19.1 Å². The first kappa shape index (κ1) is 13.0. The Morgan fingerprint density at radius 1 is 1.44 bits per heavy atom. The predicted molar refractivity (Wildman–Crippen MR) is 74.1 cm³/mol. The Bertz CT molecular complexity index is 488. The summed E-state index contributed by atoms with van der Waals surface area (Å²) in [7, 11) is 0. The van der Waals surface area contributed by atoms with Crippen molar-refractivity contribution in [1.29, 1.82) is 0 Å². The molecule has 98 valence electrons. The summed E-state index contributed by atoms with van der Waals surface area (Å²) in [4.78, 5) is 4.39. The Morgan fingerprint density at radius 3 is 3.00 bits per heavy atom. The minimum absolute atomic E-state index is 0.415. The molecular formula is C12H19N5S. The van der Waals surface area contributed by atoms with Crippen molar-refractivity contribution in [3.8, 4) is 0 Å². The summed E-state index contributed by atoms with van der Waals surface area (Å²) in [5, 5.41) is 8.64. The van der Waals surface area contributed by atoms with Gasteiger partial charge in [0, 0.05) is 36.4 Å². The molecule has 0 atom stereocenters. The summed E-state index contributed by atoms with van der Waals surface area (Å²) < 4.78 is 6.16. The fraction of sp³-hybridized carbons (Fsp3) is 0.583. The van der Waals surface area contributed by atoms with E-state index in [9.17, 15) is 0 Å². The van der Waals surface area contributed by atoms with Crippen LogP contribution in [-0.2, 0) is 6.54 Å². The van der Waals surface area contributed by atoms with Crippen molar-refractivity contribution in [3.05, 3.63) is 23.9 Å². The molecular weight excluding hydrogens is 246 g/mol. The molecule has 0 aromatic carbocycles. The van der Waals surface area contributed by atoms with Crippen LogP contribution in [0.15, 0.2) is 12.4 Å². The van der Waals surface area contributed by atoms with Gasteiger partial charge in [-0.15, -0.1) is 5.10 Å². The van der Waals surface area contributed by atoms with Crippen LogP contribution in [0.3, 0.4) is 0 Å². The van der Waals surface area contributed by atoms with Crippen LogP contribution in [0.25, 0.3) is 0 Å². The average Bonchev–Trinajstić information content (AvgIpc) is 2.96. The number of aromatic nitrogens is 4. The Morgan fingerprint density at radius 2 is 2.28 bits per heavy atom. The van der Waals surface area contributed by atoms with E-state index in [1.165, 1.54) is 11.5 Å². The van der Waals surface area contributed by atoms with E-state index in [4.69, 9.17) is 0 Å². The first-order valence-electron chi connectivity index (χ1n) is 6.28. The van der Waals surface area contributed by atoms with Gasteiger partial charge in [-0.25, -0.2) is 4.98 Å². The lowest BCUT2D eigenvalue weighted by Crippen LogP contribution is -2.08. The van der Waals surface area contributed by atoms with Gasteiger partial charge in [-0.2, -0.15) is 0 Å². The van der Waals surface area contributed by atoms with E-state index in [0.717, 1.165) is 36.0 Å². The maximum Gasteiger partial charge on any atom is 0.135 e. The van der Waals surface area contributed by atoms with Gasteiger partial charge in [0.25, 0.3) is 0 Å². The number of imidazole rings is 1. The molecule has 0 fully saturated rings. The van der Waals surface area contributed by atoms with Crippen LogP contribution in [0.4, 0.5) is 5.00 Å². The van der Waals surface area contributed by atoms with Crippen molar-refractivity contribution < 1.29 is 0 Å². The minimum Gasteiger partial charge on any atom is -0.374 e. The van der Waals surface area contributed by atoms with Crippen molar-refractivity contribution in [3.63, 3.8) is 0 Å². The standard InChI is InChI=1S/C12H19N5S/c1-4-5-14-12-10(15-16-18-12)8-17-7-6-13-11(17)9(2)3/h6-7,9,14H,4-5,8H2,1-3H3. The maximum absolute atomic E-state index is 4.39. The van der Waals surface area contributed by atoms with Gasteiger partial charge < -0.3 is 9.88 Å². The molecule has 0 amide bonds. The number of nitrogens with zero attached hydrogens (tertiary/aromatic N) is 4. The fourth-order valence-corrected chi connectivity index (χ4v) is 2.40. The maximum atomic E-state index is 4.39. The molecule has 0 saturated heterocycles. The smallest absolute Gasteiger partial charge is 0.135 e. The predicted octanol–water partition coefficient (Wildman–Crippen LogP) is 2.73. The third-order valence-electron chi connectivity index (χ3n) is 2.68. The fourth-order valence-electron chi connectivity index (χ4n) is 1.80. The van der Waals surface area contributed by atoms with Gasteiger partial charge in [-0.3, -0.25) is 0 Å². The normalized spacial score (nSPS) is 11.1. The molecule has 5 nitrogen and oxygen atoms in total. The molecule has 0 aliphatic heterocycles. The lowest BCUT2D eigenvalue weighted by atomic mass is 10.2. The molecule has 0 aliphatic carbocycles. The number of nitrogens with one attached hydrogen (secondary N) is 1. The van der Waals surface area contributed by atoms with Gasteiger partial charge >= 0.3 is 0 Å². The van der Waals surface area contributed by atoms with Crippen molar-refractivity contribution in [2.75, 3.05) is 11.9 Å². The van der Waals surface area contributed by atoms with Crippen LogP contribution in [0.5, 0.6) is 0 Å². The van der Waals surface area contributed by atoms with Gasteiger partial charge in [0.05, 0.1) is 6.54 Å². The van der Waals surface area contributed by atoms with Crippen LogP contribution in [0.1, 0.15) is 44.6 Å². The molecule has 0 aliphatic rings. The van der Waals surface area contributed by atoms with E-state index in [-0.39, 0.29) is 0 Å². The SMILES string of the molecule is CCCNc1snnc1Cn1ccnc1C(C)C. The van der Waals surface area contributed by atoms with Crippen LogP contribution in [0, 0.1) is 0 Å². The van der Waals surface area contributed by atoms with Crippen LogP contribution in [0.2, 0.25) is 0 Å². The zero-order valence-corrected chi connectivity index (χ0v) is 11.9. The van der Waals surface area contributed by atoms with Gasteiger partial charge in [0.2, 0.25) is 0 Å². The second kappa shape index (κ2) is 5.95. The largest absolute Gasteiger partial charge is 0.374 e. The lowest BCUT2D eigenvalue weighted by molar-refractivity contribution is 0.660. The molecule has 2 rings (SSSR count). The summed E-state index contributed by atoms with van der Waals surface area (Å²) in [6, 6.07) is 0. The van der Waals surface area contributed by atoms with Gasteiger partial charge in [-0.1, -0.05) is 25.3 Å². The molecule has 0 bridgehead atoms. The lowest BCUT2D eigenvalue weighted by Gasteiger charge is -2.10. The quantitative estimate of drug-likeness (QED) is 0.872. The summed E-state index contributed by atoms with van der Waals surface area (Å²) in [6.45, 7) is 8.13. The molecule has 0 unspecified atom stereocenters. The number of hydrogen-bond acceptors (Lipinski definition) is 5. The molecule has 0 saturated carbocycles. The number of anilines is 1. The van der Waals surface area contributed by atoms with Gasteiger partial charge in [-0.05, 0) is 6.42 Å². The minimum atomic E-state index is 0.415. The van der Waals surface area contributed by atoms with E-state index in [1.54, 1.807) is 0 Å². The summed E-state index contributed by atoms with van der Waals surface area (Å²) >= 11 is 1.42. The second-order valence-corrected chi connectivity index (χ2v) is 5.30. The van der Waals surface area contributed by atoms with Crippen LogP contribution < -0.4 is 5.32 Å². The molecule has 2 aromatic heterocycles. The highest BCUT2D eigenvalue weighted by Crippen LogP contribution is 2.20. The molecule has 2 heterocycles. The van der Waals surface area contributed by atoms with E-state index in [0.29, 0.717) is 5.92 Å². The molecule has 1 N–H and O–H groups in total. The van der Waals surface area contributed by atoms with E-state index >= 15 is 0 Å². The summed E-state index contributed by atoms with van der Waals surface area (Å²) in [5.41, 5.74) is 0.994. The van der Waals surface area contributed by atoms with Crippen molar-refractivity contribution in [2.24, 2.45) is 0 Å². The molecule has 6 heteroatoms. The highest BCUT2D eigenvalue weighted by molar-refractivity contribution is 7.10. The Kier molecular flexibility index (Phi) is 4.30. The Labute approximate surface area is 111 Å². The summed E-state index contributed by atoms with van der Waals surface area (Å²) in [6.07, 6.45) is 4.94. The summed E-state index contributed by atoms with van der Waals surface area (Å²) in [5.74, 6) is 1.50. The highest BCUT2D eigenvalue weighted by atomic mass is 32.1. The van der Waals surface area contributed by atoms with Crippen LogP contribution >= 0.6 is 11.5 Å². The van der Waals surface area contributed by atoms with Crippen molar-refractivity contribution >= 4 is 16.5 Å². The monoisotopic (exact) mass is 265 g/mol. The Hall–Kier alpha value is -1.43. The molecule has 0 radical (unpaired) electrons. The first-order chi connectivity index (χ1) is 8.72. The third kappa shape index (κ3) is 2.87. The topological polar surface area (TPSA) is 55.6 Å². The third-order valence-corrected chi connectivity index (χ3v) is 3.40. The molecule has 0 spiro atoms. The highest BCUT2D eigenvalue weighted by Gasteiger charge is 2.12. The zero-order valence-electron chi connectivity index (χ0n) is 11.1. The molecule has 2 aromatic rings. The zero-order chi connectivity index (χ0) is 13.0. The second-order valence-electron chi connectivity index (χ2n) is 4.54. The van der Waals surface area contributed by atoms with E-state index in [2.05, 4.69) is 45.2 Å². The number of hydrogen-bond donors (Lipinski definition) is 1. The van der Waals surface area contributed by atoms with E-state index < -0.39 is 0 Å².